The fourth-order valence-corrected chi connectivity index (χ4v) is 2.51. The van der Waals surface area contributed by atoms with Gasteiger partial charge in [0.05, 0.1) is 11.4 Å². The van der Waals surface area contributed by atoms with Crippen molar-refractivity contribution in [2.45, 2.75) is 39.7 Å². The van der Waals surface area contributed by atoms with Crippen molar-refractivity contribution in [3.8, 4) is 0 Å². The molecule has 0 saturated heterocycles. The molecule has 1 atom stereocenters. The maximum absolute atomic E-state index is 12.6. The third-order valence-corrected chi connectivity index (χ3v) is 3.96. The third kappa shape index (κ3) is 2.69. The standard InChI is InChI=1S/C16H22N3O/c1-11(17)9-10-16(2,3)14-15(20)19(4)13-8-6-5-7-12(13)18-14/h5-8,14,17H,9-10H2,1-4H3/t14-/m1/s1. The van der Waals surface area contributed by atoms with Crippen molar-refractivity contribution in [2.75, 3.05) is 11.9 Å². The Kier molecular flexibility index (Phi) is 3.84. The summed E-state index contributed by atoms with van der Waals surface area (Å²) in [5.41, 5.74) is 2.14. The van der Waals surface area contributed by atoms with E-state index in [1.807, 2.05) is 24.3 Å². The normalized spacial score (nSPS) is 18.5. The summed E-state index contributed by atoms with van der Waals surface area (Å²) in [6.07, 6.45) is 1.50. The highest BCUT2D eigenvalue weighted by Crippen LogP contribution is 2.38. The number of nitrogens with one attached hydrogen (secondary N) is 1. The van der Waals surface area contributed by atoms with Gasteiger partial charge in [0, 0.05) is 12.8 Å². The molecule has 0 fully saturated rings. The van der Waals surface area contributed by atoms with E-state index < -0.39 is 0 Å². The van der Waals surface area contributed by atoms with Crippen molar-refractivity contribution in [3.63, 3.8) is 0 Å². The predicted octanol–water partition coefficient (Wildman–Crippen LogP) is 3.11. The Hall–Kier alpha value is -1.84. The fourth-order valence-electron chi connectivity index (χ4n) is 2.51. The molecule has 1 N–H and O–H groups in total. The minimum absolute atomic E-state index is 0.0383. The molecule has 0 aliphatic carbocycles. The van der Waals surface area contributed by atoms with Crippen LogP contribution in [-0.4, -0.2) is 24.7 Å². The fraction of sp³-hybridized carbons (Fsp3) is 0.500. The molecular formula is C16H22N3O. The maximum atomic E-state index is 12.6. The average Bonchev–Trinajstić information content (AvgIpc) is 2.40. The Balaban J connectivity index is 2.26. The Morgan fingerprint density at radius 2 is 2.05 bits per heavy atom. The average molecular weight is 272 g/mol. The van der Waals surface area contributed by atoms with Gasteiger partial charge in [0.15, 0.2) is 0 Å². The molecule has 4 heteroatoms. The molecule has 0 spiro atoms. The summed E-state index contributed by atoms with van der Waals surface area (Å²) < 4.78 is 0. The van der Waals surface area contributed by atoms with E-state index in [0.29, 0.717) is 12.1 Å². The number of anilines is 1. The predicted molar refractivity (Wildman–Crippen MR) is 81.8 cm³/mol. The highest BCUT2D eigenvalue weighted by molar-refractivity contribution is 6.02. The molecule has 4 nitrogen and oxygen atoms in total. The minimum atomic E-state index is -0.373. The minimum Gasteiger partial charge on any atom is -0.312 e. The Morgan fingerprint density at radius 3 is 2.70 bits per heavy atom. The molecule has 0 aromatic heterocycles. The first kappa shape index (κ1) is 14.6. The summed E-state index contributed by atoms with van der Waals surface area (Å²) in [5.74, 6) is 0.0383. The van der Waals surface area contributed by atoms with Crippen LogP contribution in [0.1, 0.15) is 33.6 Å². The van der Waals surface area contributed by atoms with Gasteiger partial charge in [-0.3, -0.25) is 10.1 Å². The van der Waals surface area contributed by atoms with E-state index in [-0.39, 0.29) is 17.4 Å². The molecule has 0 bridgehead atoms. The number of para-hydroxylation sites is 2. The van der Waals surface area contributed by atoms with Gasteiger partial charge < -0.3 is 10.3 Å². The molecule has 1 aromatic carbocycles. The molecule has 1 amide bonds. The Morgan fingerprint density at radius 1 is 1.40 bits per heavy atom. The number of fused-ring (bicyclic) bond motifs is 1. The second kappa shape index (κ2) is 5.27. The van der Waals surface area contributed by atoms with Gasteiger partial charge in [-0.2, -0.15) is 0 Å². The molecule has 107 valence electrons. The van der Waals surface area contributed by atoms with E-state index >= 15 is 0 Å². The first-order valence-corrected chi connectivity index (χ1v) is 6.94. The summed E-state index contributed by atoms with van der Waals surface area (Å²) in [5, 5.41) is 12.2. The zero-order valence-electron chi connectivity index (χ0n) is 12.6. The molecule has 1 aliphatic heterocycles. The van der Waals surface area contributed by atoms with Crippen molar-refractivity contribution in [3.05, 3.63) is 24.3 Å². The summed E-state index contributed by atoms with van der Waals surface area (Å²) in [7, 11) is 1.81. The van der Waals surface area contributed by atoms with Crippen molar-refractivity contribution in [1.29, 1.82) is 5.41 Å². The Bertz CT molecular complexity index is 536. The van der Waals surface area contributed by atoms with Gasteiger partial charge in [0.2, 0.25) is 0 Å². The molecule has 1 aliphatic rings. The molecular weight excluding hydrogens is 250 g/mol. The lowest BCUT2D eigenvalue weighted by Gasteiger charge is -2.39. The Labute approximate surface area is 120 Å². The topological polar surface area (TPSA) is 58.3 Å². The van der Waals surface area contributed by atoms with Gasteiger partial charge in [-0.1, -0.05) is 26.0 Å². The number of likely N-dealkylation sites (N-methyl/N-ethyl adjacent to an activating group) is 1. The lowest BCUT2D eigenvalue weighted by Crippen LogP contribution is -2.52. The lowest BCUT2D eigenvalue weighted by atomic mass is 9.78. The van der Waals surface area contributed by atoms with Crippen LogP contribution >= 0.6 is 0 Å². The van der Waals surface area contributed by atoms with Crippen molar-refractivity contribution >= 4 is 23.0 Å². The highest BCUT2D eigenvalue weighted by atomic mass is 16.2. The molecule has 1 radical (unpaired) electrons. The zero-order chi connectivity index (χ0) is 14.9. The van der Waals surface area contributed by atoms with Gasteiger partial charge in [-0.05, 0) is 37.3 Å². The van der Waals surface area contributed by atoms with Crippen molar-refractivity contribution in [2.24, 2.45) is 5.41 Å². The number of carbonyl (C=O) groups is 1. The van der Waals surface area contributed by atoms with Crippen LogP contribution in [0.15, 0.2) is 24.3 Å². The SMILES string of the molecule is CC(=N)CCC(C)(C)[C@@H]1[N]c2ccccc2N(C)C1=O. The summed E-state index contributed by atoms with van der Waals surface area (Å²) in [6.45, 7) is 5.92. The summed E-state index contributed by atoms with van der Waals surface area (Å²) >= 11 is 0. The number of hydrogen-bond acceptors (Lipinski definition) is 2. The molecule has 0 unspecified atom stereocenters. The number of amides is 1. The second-order valence-corrected chi connectivity index (χ2v) is 6.19. The monoisotopic (exact) mass is 272 g/mol. The van der Waals surface area contributed by atoms with Crippen molar-refractivity contribution in [1.82, 2.24) is 5.32 Å². The van der Waals surface area contributed by atoms with Gasteiger partial charge in [-0.25, -0.2) is 0 Å². The van der Waals surface area contributed by atoms with Crippen LogP contribution < -0.4 is 10.2 Å². The largest absolute Gasteiger partial charge is 0.312 e. The van der Waals surface area contributed by atoms with Gasteiger partial charge in [0.25, 0.3) is 5.91 Å². The van der Waals surface area contributed by atoms with E-state index in [0.717, 1.165) is 17.8 Å². The van der Waals surface area contributed by atoms with Crippen LogP contribution in [0.25, 0.3) is 0 Å². The number of rotatable bonds is 4. The molecule has 0 saturated carbocycles. The van der Waals surface area contributed by atoms with Crippen molar-refractivity contribution < 1.29 is 4.79 Å². The summed E-state index contributed by atoms with van der Waals surface area (Å²) in [6, 6.07) is 7.35. The van der Waals surface area contributed by atoms with E-state index in [4.69, 9.17) is 5.41 Å². The van der Waals surface area contributed by atoms with E-state index in [9.17, 15) is 4.79 Å². The quantitative estimate of drug-likeness (QED) is 0.841. The second-order valence-electron chi connectivity index (χ2n) is 6.19. The van der Waals surface area contributed by atoms with Crippen LogP contribution in [0.4, 0.5) is 11.4 Å². The van der Waals surface area contributed by atoms with Crippen LogP contribution in [-0.2, 0) is 4.79 Å². The van der Waals surface area contributed by atoms with Gasteiger partial charge in [-0.15, -0.1) is 0 Å². The lowest BCUT2D eigenvalue weighted by molar-refractivity contribution is -0.123. The van der Waals surface area contributed by atoms with E-state index in [1.165, 1.54) is 0 Å². The molecule has 1 aromatic rings. The molecule has 20 heavy (non-hydrogen) atoms. The molecule has 1 heterocycles. The smallest absolute Gasteiger partial charge is 0.252 e. The van der Waals surface area contributed by atoms with Crippen LogP contribution in [0.2, 0.25) is 0 Å². The molecule has 2 rings (SSSR count). The third-order valence-electron chi connectivity index (χ3n) is 3.96. The summed E-state index contributed by atoms with van der Waals surface area (Å²) in [4.78, 5) is 14.3. The van der Waals surface area contributed by atoms with Gasteiger partial charge in [0.1, 0.15) is 6.04 Å². The number of benzene rings is 1. The van der Waals surface area contributed by atoms with Crippen LogP contribution in [0.5, 0.6) is 0 Å². The highest BCUT2D eigenvalue weighted by Gasteiger charge is 2.41. The van der Waals surface area contributed by atoms with Crippen LogP contribution in [0, 0.1) is 10.8 Å². The number of nitrogens with zero attached hydrogens (tertiary/aromatic N) is 2. The van der Waals surface area contributed by atoms with E-state index in [2.05, 4.69) is 19.2 Å². The number of hydrogen-bond donors (Lipinski definition) is 1. The maximum Gasteiger partial charge on any atom is 0.252 e. The first-order chi connectivity index (χ1) is 9.33. The first-order valence-electron chi connectivity index (χ1n) is 6.94. The number of carbonyl (C=O) groups excluding carboxylic acids is 1. The van der Waals surface area contributed by atoms with Gasteiger partial charge >= 0.3 is 0 Å². The van der Waals surface area contributed by atoms with E-state index in [1.54, 1.807) is 18.9 Å². The van der Waals surface area contributed by atoms with Crippen LogP contribution in [0.3, 0.4) is 0 Å². The zero-order valence-corrected chi connectivity index (χ0v) is 12.6.